The van der Waals surface area contributed by atoms with Gasteiger partial charge in [0.2, 0.25) is 0 Å². The number of unbranched alkanes of at least 4 members (excludes halogenated alkanes) is 3. The van der Waals surface area contributed by atoms with E-state index in [1.165, 1.54) is 0 Å². The molecule has 0 aliphatic rings. The second kappa shape index (κ2) is 14.5. The predicted molar refractivity (Wildman–Crippen MR) is 94.6 cm³/mol. The summed E-state index contributed by atoms with van der Waals surface area (Å²) in [4.78, 5) is 22.1. The van der Waals surface area contributed by atoms with Gasteiger partial charge in [-0.05, 0) is 49.9 Å². The highest BCUT2D eigenvalue weighted by Crippen LogP contribution is 2.13. The molecule has 0 unspecified atom stereocenters. The van der Waals surface area contributed by atoms with E-state index in [0.717, 1.165) is 25.0 Å². The van der Waals surface area contributed by atoms with Crippen LogP contribution in [0.2, 0.25) is 0 Å². The summed E-state index contributed by atoms with van der Waals surface area (Å²) >= 11 is 0. The molecule has 5 heteroatoms. The van der Waals surface area contributed by atoms with Crippen LogP contribution >= 0.6 is 0 Å². The van der Waals surface area contributed by atoms with Gasteiger partial charge in [-0.25, -0.2) is 4.79 Å². The smallest absolute Gasteiger partial charge is 0.338 e. The fourth-order valence-corrected chi connectivity index (χ4v) is 1.82. The fourth-order valence-electron chi connectivity index (χ4n) is 1.82. The van der Waals surface area contributed by atoms with Gasteiger partial charge in [0, 0.05) is 6.42 Å². The van der Waals surface area contributed by atoms with Crippen LogP contribution in [0.4, 0.5) is 0 Å². The van der Waals surface area contributed by atoms with E-state index >= 15 is 0 Å². The minimum Gasteiger partial charge on any atom is -0.494 e. The van der Waals surface area contributed by atoms with Crippen molar-refractivity contribution in [1.29, 1.82) is 0 Å². The molecule has 24 heavy (non-hydrogen) atoms. The van der Waals surface area contributed by atoms with Crippen LogP contribution in [-0.2, 0) is 9.53 Å². The van der Waals surface area contributed by atoms with Crippen molar-refractivity contribution in [1.82, 2.24) is 0 Å². The maximum absolute atomic E-state index is 11.8. The van der Waals surface area contributed by atoms with E-state index in [1.807, 2.05) is 13.8 Å². The summed E-state index contributed by atoms with van der Waals surface area (Å²) in [6, 6.07) is 6.90. The first-order chi connectivity index (χ1) is 11.6. The molecule has 0 saturated heterocycles. The van der Waals surface area contributed by atoms with Crippen LogP contribution in [0, 0.1) is 0 Å². The lowest BCUT2D eigenvalue weighted by atomic mass is 10.2. The quantitative estimate of drug-likeness (QED) is 0.468. The van der Waals surface area contributed by atoms with E-state index in [4.69, 9.17) is 14.6 Å². The molecule has 0 radical (unpaired) electrons. The third-order valence-corrected chi connectivity index (χ3v) is 3.12. The zero-order valence-corrected chi connectivity index (χ0v) is 15.0. The first kappa shape index (κ1) is 22.0. The van der Waals surface area contributed by atoms with E-state index in [1.54, 1.807) is 24.3 Å². The van der Waals surface area contributed by atoms with Crippen molar-refractivity contribution in [3.8, 4) is 5.75 Å². The molecule has 1 N–H and O–H groups in total. The van der Waals surface area contributed by atoms with Crippen molar-refractivity contribution in [3.05, 3.63) is 29.8 Å². The molecule has 1 aromatic carbocycles. The molecule has 0 saturated carbocycles. The number of ether oxygens (including phenoxy) is 2. The van der Waals surface area contributed by atoms with Crippen LogP contribution in [0.25, 0.3) is 0 Å². The third kappa shape index (κ3) is 10.6. The zero-order valence-electron chi connectivity index (χ0n) is 15.0. The summed E-state index contributed by atoms with van der Waals surface area (Å²) in [5, 5.41) is 8.50. The van der Waals surface area contributed by atoms with Crippen LogP contribution in [0.1, 0.15) is 69.7 Å². The van der Waals surface area contributed by atoms with Gasteiger partial charge in [-0.15, -0.1) is 0 Å². The highest BCUT2D eigenvalue weighted by atomic mass is 16.5. The SMILES string of the molecule is CC.CCCCOc1ccc(C(=O)OCCCCCC(=O)O)cc1. The number of rotatable bonds is 11. The summed E-state index contributed by atoms with van der Waals surface area (Å²) < 4.78 is 10.7. The fraction of sp³-hybridized carbons (Fsp3) is 0.579. The number of carbonyl (C=O) groups excluding carboxylic acids is 1. The maximum Gasteiger partial charge on any atom is 0.338 e. The molecule has 0 fully saturated rings. The largest absolute Gasteiger partial charge is 0.494 e. The first-order valence-electron chi connectivity index (χ1n) is 8.75. The molecule has 1 aromatic rings. The summed E-state index contributed by atoms with van der Waals surface area (Å²) in [6.45, 7) is 7.09. The number of hydrogen-bond acceptors (Lipinski definition) is 4. The average molecular weight is 338 g/mol. The third-order valence-electron chi connectivity index (χ3n) is 3.12. The molecule has 0 spiro atoms. The Morgan fingerprint density at radius 2 is 1.62 bits per heavy atom. The molecule has 0 atom stereocenters. The number of esters is 1. The summed E-state index contributed by atoms with van der Waals surface area (Å²) in [5.74, 6) is -0.407. The highest BCUT2D eigenvalue weighted by molar-refractivity contribution is 5.89. The molecule has 5 nitrogen and oxygen atoms in total. The van der Waals surface area contributed by atoms with E-state index in [-0.39, 0.29) is 12.4 Å². The normalized spacial score (nSPS) is 9.62. The summed E-state index contributed by atoms with van der Waals surface area (Å²) in [7, 11) is 0. The maximum atomic E-state index is 11.8. The molecule has 0 aliphatic heterocycles. The topological polar surface area (TPSA) is 72.8 Å². The van der Waals surface area contributed by atoms with Crippen LogP contribution in [0.3, 0.4) is 0 Å². The second-order valence-corrected chi connectivity index (χ2v) is 5.07. The van der Waals surface area contributed by atoms with Crippen molar-refractivity contribution in [3.63, 3.8) is 0 Å². The highest BCUT2D eigenvalue weighted by Gasteiger charge is 2.07. The van der Waals surface area contributed by atoms with Crippen molar-refractivity contribution < 1.29 is 24.2 Å². The number of benzene rings is 1. The molecule has 0 amide bonds. The van der Waals surface area contributed by atoms with Crippen LogP contribution in [-0.4, -0.2) is 30.3 Å². The molecular formula is C19H30O5. The summed E-state index contributed by atoms with van der Waals surface area (Å²) in [5.41, 5.74) is 0.494. The van der Waals surface area contributed by atoms with E-state index in [0.29, 0.717) is 31.6 Å². The number of aliphatic carboxylic acids is 1. The lowest BCUT2D eigenvalue weighted by Gasteiger charge is -2.07. The molecule has 0 aliphatic carbocycles. The Morgan fingerprint density at radius 3 is 2.21 bits per heavy atom. The van der Waals surface area contributed by atoms with Gasteiger partial charge >= 0.3 is 11.9 Å². The average Bonchev–Trinajstić information content (AvgIpc) is 2.60. The van der Waals surface area contributed by atoms with Crippen molar-refractivity contribution in [2.45, 2.75) is 59.3 Å². The van der Waals surface area contributed by atoms with Crippen LogP contribution in [0.15, 0.2) is 24.3 Å². The molecule has 0 heterocycles. The molecule has 0 aromatic heterocycles. The lowest BCUT2D eigenvalue weighted by molar-refractivity contribution is -0.137. The number of hydrogen-bond donors (Lipinski definition) is 1. The standard InChI is InChI=1S/C17H24O5.C2H6/c1-2-3-12-21-15-10-8-14(9-11-15)17(20)22-13-6-4-5-7-16(18)19;1-2/h8-11H,2-7,12-13H2,1H3,(H,18,19);1-2H3. The van der Waals surface area contributed by atoms with E-state index in [9.17, 15) is 9.59 Å². The minimum atomic E-state index is -0.793. The molecule has 1 rings (SSSR count). The Morgan fingerprint density at radius 1 is 0.958 bits per heavy atom. The van der Waals surface area contributed by atoms with Gasteiger partial charge in [0.15, 0.2) is 0 Å². The van der Waals surface area contributed by atoms with Gasteiger partial charge < -0.3 is 14.6 Å². The van der Waals surface area contributed by atoms with Gasteiger partial charge in [-0.3, -0.25) is 4.79 Å². The van der Waals surface area contributed by atoms with Gasteiger partial charge in [0.1, 0.15) is 5.75 Å². The molecular weight excluding hydrogens is 308 g/mol. The Balaban J connectivity index is 0.00000254. The number of carboxylic acids is 1. The Hall–Kier alpha value is -2.04. The predicted octanol–water partition coefficient (Wildman–Crippen LogP) is 4.69. The van der Waals surface area contributed by atoms with Crippen molar-refractivity contribution >= 4 is 11.9 Å². The van der Waals surface area contributed by atoms with Crippen molar-refractivity contribution in [2.75, 3.05) is 13.2 Å². The monoisotopic (exact) mass is 338 g/mol. The summed E-state index contributed by atoms with van der Waals surface area (Å²) in [6.07, 6.45) is 4.27. The first-order valence-corrected chi connectivity index (χ1v) is 8.75. The van der Waals surface area contributed by atoms with E-state index in [2.05, 4.69) is 6.92 Å². The van der Waals surface area contributed by atoms with Gasteiger partial charge in [0.05, 0.1) is 18.8 Å². The van der Waals surface area contributed by atoms with Crippen LogP contribution in [0.5, 0.6) is 5.75 Å². The number of carbonyl (C=O) groups is 2. The molecule has 0 bridgehead atoms. The zero-order chi connectivity index (χ0) is 18.2. The van der Waals surface area contributed by atoms with Crippen molar-refractivity contribution in [2.24, 2.45) is 0 Å². The Labute approximate surface area is 145 Å². The van der Waals surface area contributed by atoms with Gasteiger partial charge in [0.25, 0.3) is 0 Å². The van der Waals surface area contributed by atoms with Gasteiger partial charge in [-0.1, -0.05) is 27.2 Å². The minimum absolute atomic E-state index is 0.160. The molecule has 136 valence electrons. The second-order valence-electron chi connectivity index (χ2n) is 5.07. The number of carboxylic acid groups (broad SMARTS) is 1. The van der Waals surface area contributed by atoms with Gasteiger partial charge in [-0.2, -0.15) is 0 Å². The Bertz CT molecular complexity index is 453. The Kier molecular flexibility index (Phi) is 13.3. The lowest BCUT2D eigenvalue weighted by Crippen LogP contribution is -2.06. The van der Waals surface area contributed by atoms with E-state index < -0.39 is 5.97 Å². The van der Waals surface area contributed by atoms with Crippen LogP contribution < -0.4 is 4.74 Å².